The Hall–Kier alpha value is -1.51. The zero-order chi connectivity index (χ0) is 21.8. The van der Waals surface area contributed by atoms with Gasteiger partial charge >= 0.3 is 0 Å². The number of likely N-dealkylation sites (tertiary alicyclic amines) is 1. The Labute approximate surface area is 184 Å². The summed E-state index contributed by atoms with van der Waals surface area (Å²) < 4.78 is 26.0. The Morgan fingerprint density at radius 2 is 1.81 bits per heavy atom. The molecule has 2 unspecified atom stereocenters. The van der Waals surface area contributed by atoms with E-state index in [1.165, 1.54) is 12.8 Å². The number of hydrogen-bond donors (Lipinski definition) is 2. The van der Waals surface area contributed by atoms with Gasteiger partial charge in [-0.1, -0.05) is 6.08 Å². The van der Waals surface area contributed by atoms with Gasteiger partial charge < -0.3 is 10.6 Å². The maximum atomic E-state index is 13.0. The molecular weight excluding hydrogens is 400 g/mol. The van der Waals surface area contributed by atoms with Crippen molar-refractivity contribution in [3.8, 4) is 0 Å². The van der Waals surface area contributed by atoms with Crippen LogP contribution in [0.25, 0.3) is 0 Å². The van der Waals surface area contributed by atoms with Crippen molar-refractivity contribution in [3.63, 3.8) is 0 Å². The minimum Gasteiger partial charge on any atom is -0.362 e. The summed E-state index contributed by atoms with van der Waals surface area (Å²) in [5.74, 6) is 0.656. The van der Waals surface area contributed by atoms with Crippen LogP contribution in [0.15, 0.2) is 23.9 Å². The monoisotopic (exact) mass is 437 g/mol. The van der Waals surface area contributed by atoms with Crippen LogP contribution in [0.4, 0.5) is 8.78 Å². The molecule has 2 atom stereocenters. The first-order valence-electron chi connectivity index (χ1n) is 11.9. The predicted molar refractivity (Wildman–Crippen MR) is 118 cm³/mol. The average molecular weight is 438 g/mol. The Morgan fingerprint density at radius 3 is 2.52 bits per heavy atom. The molecule has 8 heteroatoms. The molecule has 31 heavy (non-hydrogen) atoms. The predicted octanol–water partition coefficient (Wildman–Crippen LogP) is 2.01. The first kappa shape index (κ1) is 22.7. The third-order valence-corrected chi connectivity index (χ3v) is 7.27. The van der Waals surface area contributed by atoms with Crippen LogP contribution < -0.4 is 10.6 Å². The van der Waals surface area contributed by atoms with Crippen LogP contribution in [0.2, 0.25) is 0 Å². The molecule has 174 valence electrons. The van der Waals surface area contributed by atoms with E-state index in [-0.39, 0.29) is 12.1 Å². The summed E-state index contributed by atoms with van der Waals surface area (Å²) in [6.07, 6.45) is 9.19. The number of amides is 1. The highest BCUT2D eigenvalue weighted by Gasteiger charge is 2.32. The molecule has 4 aliphatic rings. The van der Waals surface area contributed by atoms with Crippen LogP contribution in [-0.4, -0.2) is 91.1 Å². The molecule has 1 saturated carbocycles. The van der Waals surface area contributed by atoms with Crippen LogP contribution >= 0.6 is 0 Å². The Bertz CT molecular complexity index is 673. The molecule has 0 bridgehead atoms. The molecule has 6 nitrogen and oxygen atoms in total. The van der Waals surface area contributed by atoms with Crippen LogP contribution in [0.1, 0.15) is 39.0 Å². The summed E-state index contributed by atoms with van der Waals surface area (Å²) in [4.78, 5) is 19.3. The van der Waals surface area contributed by atoms with E-state index in [0.29, 0.717) is 17.7 Å². The van der Waals surface area contributed by atoms with Gasteiger partial charge in [0.05, 0.1) is 12.2 Å². The summed E-state index contributed by atoms with van der Waals surface area (Å²) in [6, 6.07) is -0.159. The van der Waals surface area contributed by atoms with Crippen LogP contribution in [-0.2, 0) is 4.79 Å². The lowest BCUT2D eigenvalue weighted by Crippen LogP contribution is -2.51. The number of halogens is 2. The van der Waals surface area contributed by atoms with Gasteiger partial charge in [0.1, 0.15) is 5.70 Å². The van der Waals surface area contributed by atoms with Crippen LogP contribution in [0.3, 0.4) is 0 Å². The fourth-order valence-corrected chi connectivity index (χ4v) is 4.94. The highest BCUT2D eigenvalue weighted by molar-refractivity contribution is 5.93. The Kier molecular flexibility index (Phi) is 7.61. The summed E-state index contributed by atoms with van der Waals surface area (Å²) in [5, 5.41) is 6.45. The van der Waals surface area contributed by atoms with Gasteiger partial charge in [-0.2, -0.15) is 0 Å². The van der Waals surface area contributed by atoms with Crippen molar-refractivity contribution in [2.75, 3.05) is 45.8 Å². The van der Waals surface area contributed by atoms with E-state index in [4.69, 9.17) is 0 Å². The molecule has 2 N–H and O–H groups in total. The summed E-state index contributed by atoms with van der Waals surface area (Å²) in [7, 11) is 0. The summed E-state index contributed by atoms with van der Waals surface area (Å²) in [6.45, 7) is 7.87. The number of piperidine rings is 1. The van der Waals surface area contributed by atoms with Gasteiger partial charge in [0, 0.05) is 45.3 Å². The maximum absolute atomic E-state index is 13.0. The fourth-order valence-electron chi connectivity index (χ4n) is 4.94. The molecule has 0 aromatic rings. The largest absolute Gasteiger partial charge is 0.362 e. The SMILES string of the molecule is CC(C(F)F)N1CCC(N2CCCN(C3C=CC=C(C(=O)NCC4CC4)N3)CC2)CC1. The quantitative estimate of drug-likeness (QED) is 0.638. The van der Waals surface area contributed by atoms with Gasteiger partial charge in [-0.05, 0) is 63.6 Å². The van der Waals surface area contributed by atoms with Crippen molar-refractivity contribution in [1.82, 2.24) is 25.3 Å². The molecular formula is C23H37F2N5O. The number of allylic oxidation sites excluding steroid dienone is 2. The highest BCUT2D eigenvalue weighted by Crippen LogP contribution is 2.27. The molecule has 0 aromatic heterocycles. The van der Waals surface area contributed by atoms with E-state index in [9.17, 15) is 13.6 Å². The van der Waals surface area contributed by atoms with Crippen molar-refractivity contribution in [3.05, 3.63) is 23.9 Å². The number of dihydropyridines is 1. The van der Waals surface area contributed by atoms with Gasteiger partial charge in [0.2, 0.25) is 0 Å². The molecule has 3 aliphatic heterocycles. The van der Waals surface area contributed by atoms with Crippen molar-refractivity contribution in [1.29, 1.82) is 0 Å². The van der Waals surface area contributed by atoms with E-state index in [2.05, 4.69) is 26.5 Å². The lowest BCUT2D eigenvalue weighted by atomic mass is 10.0. The summed E-state index contributed by atoms with van der Waals surface area (Å²) in [5.41, 5.74) is 0.648. The second-order valence-electron chi connectivity index (χ2n) is 9.48. The van der Waals surface area contributed by atoms with E-state index < -0.39 is 12.5 Å². The number of rotatable bonds is 7. The van der Waals surface area contributed by atoms with Crippen molar-refractivity contribution >= 4 is 5.91 Å². The summed E-state index contributed by atoms with van der Waals surface area (Å²) >= 11 is 0. The van der Waals surface area contributed by atoms with Gasteiger partial charge in [0.15, 0.2) is 0 Å². The molecule has 1 aliphatic carbocycles. The van der Waals surface area contributed by atoms with Gasteiger partial charge in [-0.3, -0.25) is 19.5 Å². The van der Waals surface area contributed by atoms with Crippen molar-refractivity contribution < 1.29 is 13.6 Å². The second kappa shape index (κ2) is 10.4. The Morgan fingerprint density at radius 1 is 1.10 bits per heavy atom. The van der Waals surface area contributed by atoms with Gasteiger partial charge in [0.25, 0.3) is 12.3 Å². The maximum Gasteiger partial charge on any atom is 0.267 e. The van der Waals surface area contributed by atoms with Crippen molar-refractivity contribution in [2.24, 2.45) is 5.92 Å². The molecule has 3 fully saturated rings. The molecule has 1 amide bonds. The second-order valence-corrected chi connectivity index (χ2v) is 9.48. The first-order chi connectivity index (χ1) is 15.0. The molecule has 3 heterocycles. The van der Waals surface area contributed by atoms with Gasteiger partial charge in [-0.25, -0.2) is 8.78 Å². The topological polar surface area (TPSA) is 50.9 Å². The number of hydrogen-bond acceptors (Lipinski definition) is 5. The standard InChI is InChI=1S/C23H37F2N5O/c1-17(22(24)25)28-12-8-19(9-13-28)29-10-3-11-30(15-14-29)21-5-2-4-20(27-21)23(31)26-16-18-6-7-18/h2,4-5,17-19,21-22,27H,3,6-16H2,1H3,(H,26,31). The van der Waals surface area contributed by atoms with Crippen LogP contribution in [0.5, 0.6) is 0 Å². The van der Waals surface area contributed by atoms with E-state index in [1.807, 2.05) is 17.1 Å². The Balaban J connectivity index is 1.23. The molecule has 0 aromatic carbocycles. The number of nitrogens with one attached hydrogen (secondary N) is 2. The zero-order valence-electron chi connectivity index (χ0n) is 18.6. The fraction of sp³-hybridized carbons (Fsp3) is 0.783. The number of nitrogens with zero attached hydrogens (tertiary/aromatic N) is 3. The molecule has 4 rings (SSSR count). The minimum atomic E-state index is -2.27. The van der Waals surface area contributed by atoms with Gasteiger partial charge in [-0.15, -0.1) is 0 Å². The number of alkyl halides is 2. The van der Waals surface area contributed by atoms with E-state index in [1.54, 1.807) is 6.92 Å². The lowest BCUT2D eigenvalue weighted by molar-refractivity contribution is -0.118. The number of carbonyl (C=O) groups is 1. The minimum absolute atomic E-state index is 0.0116. The number of carbonyl (C=O) groups excluding carboxylic acids is 1. The molecule has 2 saturated heterocycles. The average Bonchev–Trinajstić information content (AvgIpc) is 3.64. The van der Waals surface area contributed by atoms with Crippen LogP contribution in [0, 0.1) is 5.92 Å². The lowest BCUT2D eigenvalue weighted by Gasteiger charge is -2.40. The van der Waals surface area contributed by atoms with E-state index in [0.717, 1.165) is 65.1 Å². The molecule has 0 radical (unpaired) electrons. The normalized spacial score (nSPS) is 28.1. The smallest absolute Gasteiger partial charge is 0.267 e. The first-order valence-corrected chi connectivity index (χ1v) is 11.9. The van der Waals surface area contributed by atoms with Crippen molar-refractivity contribution in [2.45, 2.75) is 63.7 Å². The molecule has 0 spiro atoms. The van der Waals surface area contributed by atoms with E-state index >= 15 is 0 Å². The third kappa shape index (κ3) is 6.05. The zero-order valence-corrected chi connectivity index (χ0v) is 18.6. The third-order valence-electron chi connectivity index (χ3n) is 7.27. The highest BCUT2D eigenvalue weighted by atomic mass is 19.3.